The van der Waals surface area contributed by atoms with Crippen LogP contribution in [-0.4, -0.2) is 30.6 Å². The zero-order chi connectivity index (χ0) is 19.6. The Morgan fingerprint density at radius 1 is 1.15 bits per heavy atom. The van der Waals surface area contributed by atoms with Gasteiger partial charge in [-0.15, -0.1) is 10.2 Å². The first-order valence-electron chi connectivity index (χ1n) is 8.96. The number of aryl methyl sites for hydroxylation is 2. The van der Waals surface area contributed by atoms with Crippen LogP contribution in [0.25, 0.3) is 5.69 Å². The van der Waals surface area contributed by atoms with Gasteiger partial charge in [0, 0.05) is 12.1 Å². The van der Waals surface area contributed by atoms with Gasteiger partial charge in [0.05, 0.1) is 17.4 Å². The number of benzene rings is 1. The number of hydrogen-bond donors (Lipinski definition) is 2. The first kappa shape index (κ1) is 18.6. The van der Waals surface area contributed by atoms with Gasteiger partial charge in [0.25, 0.3) is 0 Å². The Morgan fingerprint density at radius 3 is 2.59 bits per heavy atom. The van der Waals surface area contributed by atoms with Gasteiger partial charge in [-0.25, -0.2) is 9.48 Å². The highest BCUT2D eigenvalue weighted by molar-refractivity contribution is 5.89. The van der Waals surface area contributed by atoms with Crippen molar-refractivity contribution in [3.05, 3.63) is 53.7 Å². The highest BCUT2D eigenvalue weighted by Gasteiger charge is 2.18. The third-order valence-electron chi connectivity index (χ3n) is 4.31. The van der Waals surface area contributed by atoms with E-state index in [0.29, 0.717) is 11.6 Å². The summed E-state index contributed by atoms with van der Waals surface area (Å²) >= 11 is 0. The predicted molar refractivity (Wildman–Crippen MR) is 104 cm³/mol. The van der Waals surface area contributed by atoms with E-state index in [0.717, 1.165) is 16.9 Å². The Balaban J connectivity index is 1.77. The van der Waals surface area contributed by atoms with Crippen LogP contribution in [-0.2, 0) is 0 Å². The average Bonchev–Trinajstić information content (AvgIpc) is 3.22. The molecule has 3 aromatic rings. The predicted octanol–water partition coefficient (Wildman–Crippen LogP) is 3.54. The maximum atomic E-state index is 12.6. The molecule has 0 spiro atoms. The standard InChI is InChI=1S/C19H25N7O/c1-12(2)25-11-20-23-18(25)15(5)21-19(27)22-17-10-14(4)24-26(17)16-9-7-6-8-13(16)3/h6-12,15H,1-5H3,(H2,21,22,27). The molecule has 3 rings (SSSR count). The molecule has 0 aliphatic carbocycles. The van der Waals surface area contributed by atoms with Crippen molar-refractivity contribution in [1.82, 2.24) is 29.9 Å². The number of nitrogens with zero attached hydrogens (tertiary/aromatic N) is 5. The van der Waals surface area contributed by atoms with Gasteiger partial charge in [-0.05, 0) is 46.2 Å². The van der Waals surface area contributed by atoms with Crippen molar-refractivity contribution >= 4 is 11.8 Å². The van der Waals surface area contributed by atoms with Crippen LogP contribution in [0.3, 0.4) is 0 Å². The lowest BCUT2D eigenvalue weighted by molar-refractivity contribution is 0.248. The van der Waals surface area contributed by atoms with Gasteiger partial charge >= 0.3 is 6.03 Å². The van der Waals surface area contributed by atoms with Crippen LogP contribution >= 0.6 is 0 Å². The fourth-order valence-electron chi connectivity index (χ4n) is 2.95. The molecule has 2 heterocycles. The van der Waals surface area contributed by atoms with E-state index in [1.807, 2.05) is 69.5 Å². The molecular weight excluding hydrogens is 342 g/mol. The highest BCUT2D eigenvalue weighted by atomic mass is 16.2. The van der Waals surface area contributed by atoms with Gasteiger partial charge < -0.3 is 9.88 Å². The maximum Gasteiger partial charge on any atom is 0.320 e. The number of carbonyl (C=O) groups is 1. The fourth-order valence-corrected chi connectivity index (χ4v) is 2.95. The second kappa shape index (κ2) is 7.61. The quantitative estimate of drug-likeness (QED) is 0.722. The number of anilines is 1. The minimum atomic E-state index is -0.324. The molecule has 2 N–H and O–H groups in total. The summed E-state index contributed by atoms with van der Waals surface area (Å²) in [7, 11) is 0. The second-order valence-corrected chi connectivity index (χ2v) is 6.88. The third kappa shape index (κ3) is 3.99. The van der Waals surface area contributed by atoms with E-state index in [9.17, 15) is 4.79 Å². The Bertz CT molecular complexity index is 941. The van der Waals surface area contributed by atoms with E-state index in [-0.39, 0.29) is 18.1 Å². The van der Waals surface area contributed by atoms with E-state index < -0.39 is 0 Å². The van der Waals surface area contributed by atoms with Gasteiger partial charge in [0.15, 0.2) is 5.82 Å². The largest absolute Gasteiger partial charge is 0.328 e. The lowest BCUT2D eigenvalue weighted by Gasteiger charge is -2.17. The van der Waals surface area contributed by atoms with Crippen LogP contribution < -0.4 is 10.6 Å². The van der Waals surface area contributed by atoms with Crippen LogP contribution in [0.1, 0.15) is 49.9 Å². The number of hydrogen-bond acceptors (Lipinski definition) is 4. The summed E-state index contributed by atoms with van der Waals surface area (Å²) in [6, 6.07) is 9.35. The zero-order valence-electron chi connectivity index (χ0n) is 16.3. The second-order valence-electron chi connectivity index (χ2n) is 6.88. The Hall–Kier alpha value is -3.16. The SMILES string of the molecule is Cc1cc(NC(=O)NC(C)c2nncn2C(C)C)n(-c2ccccc2C)n1. The molecule has 142 valence electrons. The van der Waals surface area contributed by atoms with Gasteiger partial charge in [0.1, 0.15) is 12.1 Å². The molecule has 0 aliphatic rings. The van der Waals surface area contributed by atoms with Crippen molar-refractivity contribution in [2.75, 3.05) is 5.32 Å². The number of aromatic nitrogens is 5. The summed E-state index contributed by atoms with van der Waals surface area (Å²) in [5.41, 5.74) is 2.82. The molecular formula is C19H25N7O. The fraction of sp³-hybridized carbons (Fsp3) is 0.368. The van der Waals surface area contributed by atoms with Crippen LogP contribution in [0.4, 0.5) is 10.6 Å². The van der Waals surface area contributed by atoms with Crippen LogP contribution in [0.5, 0.6) is 0 Å². The van der Waals surface area contributed by atoms with Crippen LogP contribution in [0.15, 0.2) is 36.7 Å². The first-order chi connectivity index (χ1) is 12.9. The minimum absolute atomic E-state index is 0.215. The Morgan fingerprint density at radius 2 is 1.89 bits per heavy atom. The molecule has 1 aromatic carbocycles. The topological polar surface area (TPSA) is 89.7 Å². The van der Waals surface area contributed by atoms with Crippen molar-refractivity contribution < 1.29 is 4.79 Å². The molecule has 0 radical (unpaired) electrons. The summed E-state index contributed by atoms with van der Waals surface area (Å²) < 4.78 is 3.68. The Kier molecular flexibility index (Phi) is 5.25. The smallest absolute Gasteiger partial charge is 0.320 e. The van der Waals surface area contributed by atoms with Gasteiger partial charge in [-0.1, -0.05) is 18.2 Å². The summed E-state index contributed by atoms with van der Waals surface area (Å²) in [5.74, 6) is 1.32. The molecule has 1 atom stereocenters. The number of nitrogens with one attached hydrogen (secondary N) is 2. The molecule has 2 aromatic heterocycles. The van der Waals surface area contributed by atoms with E-state index in [1.54, 1.807) is 11.0 Å². The summed E-state index contributed by atoms with van der Waals surface area (Å²) in [6.45, 7) is 9.88. The van der Waals surface area contributed by atoms with Crippen LogP contribution in [0, 0.1) is 13.8 Å². The third-order valence-corrected chi connectivity index (χ3v) is 4.31. The minimum Gasteiger partial charge on any atom is -0.328 e. The lowest BCUT2D eigenvalue weighted by Crippen LogP contribution is -2.33. The molecule has 0 saturated carbocycles. The van der Waals surface area contributed by atoms with E-state index >= 15 is 0 Å². The van der Waals surface area contributed by atoms with Crippen molar-refractivity contribution in [1.29, 1.82) is 0 Å². The number of para-hydroxylation sites is 1. The molecule has 2 amide bonds. The van der Waals surface area contributed by atoms with Crippen molar-refractivity contribution in [2.24, 2.45) is 0 Å². The number of rotatable bonds is 5. The highest BCUT2D eigenvalue weighted by Crippen LogP contribution is 2.20. The van der Waals surface area contributed by atoms with Gasteiger partial charge in [-0.2, -0.15) is 5.10 Å². The van der Waals surface area contributed by atoms with Crippen molar-refractivity contribution in [2.45, 2.75) is 46.7 Å². The maximum absolute atomic E-state index is 12.6. The zero-order valence-corrected chi connectivity index (χ0v) is 16.3. The van der Waals surface area contributed by atoms with E-state index in [2.05, 4.69) is 25.9 Å². The normalized spacial score (nSPS) is 12.2. The molecule has 0 fully saturated rings. The molecule has 0 bridgehead atoms. The molecule has 8 nitrogen and oxygen atoms in total. The van der Waals surface area contributed by atoms with Crippen molar-refractivity contribution in [3.63, 3.8) is 0 Å². The summed E-state index contributed by atoms with van der Waals surface area (Å²) in [4.78, 5) is 12.6. The molecule has 27 heavy (non-hydrogen) atoms. The van der Waals surface area contributed by atoms with Gasteiger partial charge in [0.2, 0.25) is 0 Å². The monoisotopic (exact) mass is 367 g/mol. The molecule has 0 saturated heterocycles. The number of carbonyl (C=O) groups excluding carboxylic acids is 1. The summed E-state index contributed by atoms with van der Waals surface area (Å²) in [5, 5.41) is 18.4. The Labute approximate surface area is 158 Å². The van der Waals surface area contributed by atoms with Crippen molar-refractivity contribution in [3.8, 4) is 5.69 Å². The van der Waals surface area contributed by atoms with Crippen LogP contribution in [0.2, 0.25) is 0 Å². The van der Waals surface area contributed by atoms with E-state index in [4.69, 9.17) is 0 Å². The molecule has 0 aliphatic heterocycles. The molecule has 1 unspecified atom stereocenters. The summed E-state index contributed by atoms with van der Waals surface area (Å²) in [6.07, 6.45) is 1.67. The molecule has 8 heteroatoms. The number of urea groups is 1. The first-order valence-corrected chi connectivity index (χ1v) is 8.96. The average molecular weight is 367 g/mol. The van der Waals surface area contributed by atoms with E-state index in [1.165, 1.54) is 0 Å². The van der Waals surface area contributed by atoms with Gasteiger partial charge in [-0.3, -0.25) is 5.32 Å². The number of amides is 2. The lowest BCUT2D eigenvalue weighted by atomic mass is 10.2.